The molecule has 0 saturated heterocycles. The second-order valence-corrected chi connectivity index (χ2v) is 8.39. The maximum absolute atomic E-state index is 12.1. The SMILES string of the molecule is C[C@H]1CCc2c(sc(NC(=O)COC(=O)CCc3ccsc3)c2C#N)C1. The molecular formula is C19H20N2O3S2. The van der Waals surface area contributed by atoms with Crippen molar-refractivity contribution in [3.63, 3.8) is 0 Å². The molecule has 0 saturated carbocycles. The Kier molecular flexibility index (Phi) is 6.07. The number of anilines is 1. The number of ether oxygens (including phenoxy) is 1. The van der Waals surface area contributed by atoms with Gasteiger partial charge in [-0.1, -0.05) is 6.92 Å². The van der Waals surface area contributed by atoms with Crippen LogP contribution < -0.4 is 5.32 Å². The summed E-state index contributed by atoms with van der Waals surface area (Å²) in [5.74, 6) is -0.205. The number of fused-ring (bicyclic) bond motifs is 1. The predicted molar refractivity (Wildman–Crippen MR) is 102 cm³/mol. The third-order valence-corrected chi connectivity index (χ3v) is 6.34. The van der Waals surface area contributed by atoms with Crippen molar-refractivity contribution in [3.05, 3.63) is 38.4 Å². The topological polar surface area (TPSA) is 79.2 Å². The van der Waals surface area contributed by atoms with E-state index in [4.69, 9.17) is 4.74 Å². The summed E-state index contributed by atoms with van der Waals surface area (Å²) < 4.78 is 5.04. The van der Waals surface area contributed by atoms with Crippen molar-refractivity contribution in [2.45, 2.75) is 39.0 Å². The molecule has 1 N–H and O–H groups in total. The van der Waals surface area contributed by atoms with Gasteiger partial charge in [-0.05, 0) is 59.6 Å². The van der Waals surface area contributed by atoms with E-state index in [1.165, 1.54) is 16.2 Å². The third kappa shape index (κ3) is 4.51. The van der Waals surface area contributed by atoms with Crippen molar-refractivity contribution in [1.29, 1.82) is 5.26 Å². The number of rotatable bonds is 6. The molecule has 7 heteroatoms. The number of thiophene rings is 2. The van der Waals surface area contributed by atoms with E-state index >= 15 is 0 Å². The Morgan fingerprint density at radius 1 is 1.46 bits per heavy atom. The standard InChI is InChI=1S/C19H20N2O3S2/c1-12-2-4-14-15(9-20)19(26-16(14)8-12)21-17(22)10-24-18(23)5-3-13-6-7-25-11-13/h6-7,11-12H,2-5,8,10H2,1H3,(H,21,22)/t12-/m0/s1. The summed E-state index contributed by atoms with van der Waals surface area (Å²) >= 11 is 3.05. The average molecular weight is 389 g/mol. The van der Waals surface area contributed by atoms with E-state index in [1.54, 1.807) is 11.3 Å². The van der Waals surface area contributed by atoms with Gasteiger partial charge in [0.2, 0.25) is 0 Å². The van der Waals surface area contributed by atoms with E-state index in [9.17, 15) is 14.9 Å². The number of amides is 1. The summed E-state index contributed by atoms with van der Waals surface area (Å²) in [5.41, 5.74) is 2.72. The lowest BCUT2D eigenvalue weighted by molar-refractivity contribution is -0.147. The summed E-state index contributed by atoms with van der Waals surface area (Å²) in [6, 6.07) is 4.18. The third-order valence-electron chi connectivity index (χ3n) is 4.44. The van der Waals surface area contributed by atoms with E-state index in [2.05, 4.69) is 18.3 Å². The molecule has 0 spiro atoms. The fourth-order valence-electron chi connectivity index (χ4n) is 3.02. The molecule has 5 nitrogen and oxygen atoms in total. The first-order valence-electron chi connectivity index (χ1n) is 8.58. The number of hydrogen-bond donors (Lipinski definition) is 1. The van der Waals surface area contributed by atoms with E-state index in [0.717, 1.165) is 30.4 Å². The van der Waals surface area contributed by atoms with Crippen LogP contribution in [0.2, 0.25) is 0 Å². The first-order valence-corrected chi connectivity index (χ1v) is 10.3. The molecule has 136 valence electrons. The highest BCUT2D eigenvalue weighted by Gasteiger charge is 2.24. The number of aryl methyl sites for hydroxylation is 1. The molecule has 0 bridgehead atoms. The molecule has 0 radical (unpaired) electrons. The summed E-state index contributed by atoms with van der Waals surface area (Å²) in [7, 11) is 0. The van der Waals surface area contributed by atoms with Crippen LogP contribution in [0.15, 0.2) is 16.8 Å². The minimum Gasteiger partial charge on any atom is -0.456 e. The number of hydrogen-bond acceptors (Lipinski definition) is 6. The van der Waals surface area contributed by atoms with Crippen LogP contribution in [-0.4, -0.2) is 18.5 Å². The molecule has 0 fully saturated rings. The van der Waals surface area contributed by atoms with Crippen LogP contribution in [0.3, 0.4) is 0 Å². The highest BCUT2D eigenvalue weighted by Crippen LogP contribution is 2.39. The van der Waals surface area contributed by atoms with Crippen LogP contribution in [0.1, 0.15) is 41.3 Å². The number of esters is 1. The van der Waals surface area contributed by atoms with Crippen molar-refractivity contribution >= 4 is 39.6 Å². The van der Waals surface area contributed by atoms with E-state index in [1.807, 2.05) is 16.8 Å². The zero-order valence-electron chi connectivity index (χ0n) is 14.5. The van der Waals surface area contributed by atoms with Crippen LogP contribution in [0.4, 0.5) is 5.00 Å². The second kappa shape index (κ2) is 8.47. The largest absolute Gasteiger partial charge is 0.456 e. The molecule has 2 heterocycles. The van der Waals surface area contributed by atoms with Crippen molar-refractivity contribution in [2.24, 2.45) is 5.92 Å². The molecule has 2 aromatic heterocycles. The van der Waals surface area contributed by atoms with Crippen molar-refractivity contribution in [3.8, 4) is 6.07 Å². The number of carbonyl (C=O) groups excluding carboxylic acids is 2. The molecule has 1 aliphatic carbocycles. The molecule has 1 atom stereocenters. The Labute approximate surface area is 160 Å². The Bertz CT molecular complexity index is 834. The van der Waals surface area contributed by atoms with Gasteiger partial charge in [0.1, 0.15) is 11.1 Å². The lowest BCUT2D eigenvalue weighted by Gasteiger charge is -2.17. The van der Waals surface area contributed by atoms with Crippen LogP contribution in [-0.2, 0) is 33.6 Å². The fourth-order valence-corrected chi connectivity index (χ4v) is 5.10. The Morgan fingerprint density at radius 2 is 2.31 bits per heavy atom. The number of carbonyl (C=O) groups is 2. The molecule has 3 rings (SSSR count). The van der Waals surface area contributed by atoms with Gasteiger partial charge in [-0.3, -0.25) is 9.59 Å². The van der Waals surface area contributed by atoms with Crippen LogP contribution >= 0.6 is 22.7 Å². The Balaban J connectivity index is 1.52. The Hall–Kier alpha value is -2.17. The molecule has 0 aliphatic heterocycles. The van der Waals surface area contributed by atoms with Crippen molar-refractivity contribution in [1.82, 2.24) is 0 Å². The summed E-state index contributed by atoms with van der Waals surface area (Å²) in [4.78, 5) is 25.1. The smallest absolute Gasteiger partial charge is 0.306 e. The number of nitriles is 1. The first kappa shape index (κ1) is 18.6. The zero-order chi connectivity index (χ0) is 18.5. The first-order chi connectivity index (χ1) is 12.6. The minimum atomic E-state index is -0.406. The maximum atomic E-state index is 12.1. The van der Waals surface area contributed by atoms with Crippen molar-refractivity contribution < 1.29 is 14.3 Å². The van der Waals surface area contributed by atoms with Gasteiger partial charge in [0.25, 0.3) is 5.91 Å². The normalized spacial score (nSPS) is 15.8. The summed E-state index contributed by atoms with van der Waals surface area (Å²) in [5, 5.41) is 16.7. The maximum Gasteiger partial charge on any atom is 0.306 e. The lowest BCUT2D eigenvalue weighted by atomic mass is 9.89. The summed E-state index contributed by atoms with van der Waals surface area (Å²) in [6.07, 6.45) is 3.75. The average Bonchev–Trinajstić information content (AvgIpc) is 3.24. The zero-order valence-corrected chi connectivity index (χ0v) is 16.2. The van der Waals surface area contributed by atoms with E-state index in [-0.39, 0.29) is 13.0 Å². The molecule has 0 aromatic carbocycles. The van der Waals surface area contributed by atoms with Crippen molar-refractivity contribution in [2.75, 3.05) is 11.9 Å². The molecule has 0 unspecified atom stereocenters. The van der Waals surface area contributed by atoms with Gasteiger partial charge in [0.05, 0.1) is 5.56 Å². The Morgan fingerprint density at radius 3 is 3.04 bits per heavy atom. The van der Waals surface area contributed by atoms with Gasteiger partial charge in [-0.15, -0.1) is 11.3 Å². The molecule has 26 heavy (non-hydrogen) atoms. The number of nitrogens with zero attached hydrogens (tertiary/aromatic N) is 1. The van der Waals surface area contributed by atoms with Gasteiger partial charge in [-0.25, -0.2) is 0 Å². The highest BCUT2D eigenvalue weighted by atomic mass is 32.1. The van der Waals surface area contributed by atoms with E-state index < -0.39 is 11.9 Å². The van der Waals surface area contributed by atoms with Crippen LogP contribution in [0.5, 0.6) is 0 Å². The lowest BCUT2D eigenvalue weighted by Crippen LogP contribution is -2.21. The monoisotopic (exact) mass is 388 g/mol. The van der Waals surface area contributed by atoms with Crippen LogP contribution in [0.25, 0.3) is 0 Å². The molecule has 1 aliphatic rings. The number of nitrogens with one attached hydrogen (secondary N) is 1. The molecule has 1 amide bonds. The van der Waals surface area contributed by atoms with Gasteiger partial charge in [0, 0.05) is 11.3 Å². The fraction of sp³-hybridized carbons (Fsp3) is 0.421. The molecular weight excluding hydrogens is 368 g/mol. The van der Waals surface area contributed by atoms with E-state index in [0.29, 0.717) is 22.9 Å². The quantitative estimate of drug-likeness (QED) is 0.761. The van der Waals surface area contributed by atoms with Gasteiger partial charge < -0.3 is 10.1 Å². The van der Waals surface area contributed by atoms with Gasteiger partial charge in [-0.2, -0.15) is 16.6 Å². The highest BCUT2D eigenvalue weighted by molar-refractivity contribution is 7.16. The van der Waals surface area contributed by atoms with Crippen LogP contribution in [0, 0.1) is 17.2 Å². The molecule has 2 aromatic rings. The summed E-state index contributed by atoms with van der Waals surface area (Å²) in [6.45, 7) is 1.87. The second-order valence-electron chi connectivity index (χ2n) is 6.51. The minimum absolute atomic E-state index is 0.249. The van der Waals surface area contributed by atoms with Gasteiger partial charge >= 0.3 is 5.97 Å². The van der Waals surface area contributed by atoms with Gasteiger partial charge in [0.15, 0.2) is 6.61 Å². The predicted octanol–water partition coefficient (Wildman–Crippen LogP) is 3.92.